The first-order valence-electron chi connectivity index (χ1n) is 5.20. The number of hydrogen-bond acceptors (Lipinski definition) is 4. The molecule has 1 N–H and O–H groups in total. The molecule has 0 bridgehead atoms. The number of hydrogen-bond donors (Lipinski definition) is 1. The topological polar surface area (TPSA) is 59.0 Å². The Morgan fingerprint density at radius 3 is 3.07 bits per heavy atom. The maximum absolute atomic E-state index is 10.5. The second-order valence-electron chi connectivity index (χ2n) is 3.89. The van der Waals surface area contributed by atoms with Crippen molar-refractivity contribution in [3.8, 4) is 0 Å². The van der Waals surface area contributed by atoms with Crippen molar-refractivity contribution in [1.82, 2.24) is 4.90 Å². The predicted octanol–water partition coefficient (Wildman–Crippen LogP) is 0.197. The van der Waals surface area contributed by atoms with E-state index in [1.165, 1.54) is 0 Å². The first kappa shape index (κ1) is 12.4. The van der Waals surface area contributed by atoms with Crippen molar-refractivity contribution in [2.75, 3.05) is 33.4 Å². The number of morpholine rings is 1. The maximum Gasteiger partial charge on any atom is 0.306 e. The molecule has 15 heavy (non-hydrogen) atoms. The molecule has 1 heterocycles. The van der Waals surface area contributed by atoms with E-state index in [4.69, 9.17) is 14.6 Å². The molecule has 1 rings (SSSR count). The molecule has 1 aliphatic rings. The predicted molar refractivity (Wildman–Crippen MR) is 54.9 cm³/mol. The Hall–Kier alpha value is -0.650. The smallest absolute Gasteiger partial charge is 0.306 e. The van der Waals surface area contributed by atoms with Gasteiger partial charge in [0.05, 0.1) is 25.7 Å². The first-order chi connectivity index (χ1) is 7.13. The lowest BCUT2D eigenvalue weighted by Gasteiger charge is -2.36. The number of ether oxygens (including phenoxy) is 2. The molecule has 1 aliphatic heterocycles. The van der Waals surface area contributed by atoms with Crippen LogP contribution in [-0.2, 0) is 14.3 Å². The summed E-state index contributed by atoms with van der Waals surface area (Å²) >= 11 is 0. The van der Waals surface area contributed by atoms with E-state index in [1.54, 1.807) is 7.11 Å². The lowest BCUT2D eigenvalue weighted by molar-refractivity contribution is -0.142. The van der Waals surface area contributed by atoms with Crippen LogP contribution in [0.2, 0.25) is 0 Å². The molecule has 2 atom stereocenters. The van der Waals surface area contributed by atoms with Crippen LogP contribution >= 0.6 is 0 Å². The summed E-state index contributed by atoms with van der Waals surface area (Å²) < 4.78 is 10.5. The summed E-state index contributed by atoms with van der Waals surface area (Å²) in [4.78, 5) is 12.8. The van der Waals surface area contributed by atoms with Gasteiger partial charge < -0.3 is 14.6 Å². The second-order valence-corrected chi connectivity index (χ2v) is 3.89. The van der Waals surface area contributed by atoms with Gasteiger partial charge in [-0.1, -0.05) is 0 Å². The molecule has 88 valence electrons. The molecule has 1 saturated heterocycles. The van der Waals surface area contributed by atoms with Crippen LogP contribution in [0.25, 0.3) is 0 Å². The molecule has 0 spiro atoms. The summed E-state index contributed by atoms with van der Waals surface area (Å²) in [6.07, 6.45) is -0.105. The molecular formula is C10H19NO4. The standard InChI is InChI=1S/C10H19NO4/c1-8(7-14-2)11-3-4-15-9(6-11)5-10(12)13/h8-9H,3-7H2,1-2H3,(H,12,13). The third-order valence-electron chi connectivity index (χ3n) is 2.60. The van der Waals surface area contributed by atoms with Crippen LogP contribution in [0.1, 0.15) is 13.3 Å². The van der Waals surface area contributed by atoms with E-state index in [2.05, 4.69) is 11.8 Å². The molecule has 0 radical (unpaired) electrons. The van der Waals surface area contributed by atoms with E-state index in [1.807, 2.05) is 0 Å². The number of carboxylic acid groups (broad SMARTS) is 1. The Morgan fingerprint density at radius 2 is 2.47 bits per heavy atom. The zero-order chi connectivity index (χ0) is 11.3. The van der Waals surface area contributed by atoms with Crippen molar-refractivity contribution in [3.63, 3.8) is 0 Å². The minimum atomic E-state index is -0.804. The highest BCUT2D eigenvalue weighted by atomic mass is 16.5. The summed E-state index contributed by atoms with van der Waals surface area (Å²) in [6, 6.07) is 0.315. The van der Waals surface area contributed by atoms with Gasteiger partial charge in [0.2, 0.25) is 0 Å². The summed E-state index contributed by atoms with van der Waals surface area (Å²) in [5, 5.41) is 8.67. The Labute approximate surface area is 90.0 Å². The highest BCUT2D eigenvalue weighted by molar-refractivity contribution is 5.67. The van der Waals surface area contributed by atoms with E-state index in [9.17, 15) is 4.79 Å². The van der Waals surface area contributed by atoms with Crippen LogP contribution in [0.3, 0.4) is 0 Å². The Balaban J connectivity index is 2.37. The van der Waals surface area contributed by atoms with Crippen LogP contribution in [0, 0.1) is 0 Å². The Morgan fingerprint density at radius 1 is 1.73 bits per heavy atom. The lowest BCUT2D eigenvalue weighted by Crippen LogP contribution is -2.48. The SMILES string of the molecule is COCC(C)N1CCOC(CC(=O)O)C1. The van der Waals surface area contributed by atoms with Crippen LogP contribution in [-0.4, -0.2) is 61.5 Å². The Kier molecular flexibility index (Phi) is 5.01. The lowest BCUT2D eigenvalue weighted by atomic mass is 10.1. The average Bonchev–Trinajstić information content (AvgIpc) is 2.17. The van der Waals surface area contributed by atoms with Gasteiger partial charge in [0, 0.05) is 26.2 Å². The minimum absolute atomic E-state index is 0.0796. The fourth-order valence-electron chi connectivity index (χ4n) is 1.81. The molecule has 0 aromatic carbocycles. The fourth-order valence-corrected chi connectivity index (χ4v) is 1.81. The van der Waals surface area contributed by atoms with Gasteiger partial charge in [-0.15, -0.1) is 0 Å². The van der Waals surface area contributed by atoms with Gasteiger partial charge >= 0.3 is 5.97 Å². The summed E-state index contributed by atoms with van der Waals surface area (Å²) in [5.74, 6) is -0.804. The molecule has 5 heteroatoms. The zero-order valence-corrected chi connectivity index (χ0v) is 9.31. The van der Waals surface area contributed by atoms with Crippen molar-refractivity contribution in [2.24, 2.45) is 0 Å². The fraction of sp³-hybridized carbons (Fsp3) is 0.900. The molecule has 1 fully saturated rings. The van der Waals surface area contributed by atoms with Crippen LogP contribution in [0.15, 0.2) is 0 Å². The normalized spacial score (nSPS) is 25.1. The average molecular weight is 217 g/mol. The van der Waals surface area contributed by atoms with Gasteiger partial charge in [-0.25, -0.2) is 0 Å². The molecule has 5 nitrogen and oxygen atoms in total. The van der Waals surface area contributed by atoms with Gasteiger partial charge in [-0.2, -0.15) is 0 Å². The molecule has 0 aliphatic carbocycles. The van der Waals surface area contributed by atoms with Gasteiger partial charge in [0.15, 0.2) is 0 Å². The van der Waals surface area contributed by atoms with Gasteiger partial charge in [-0.05, 0) is 6.92 Å². The second kappa shape index (κ2) is 6.05. The monoisotopic (exact) mass is 217 g/mol. The van der Waals surface area contributed by atoms with Crippen molar-refractivity contribution < 1.29 is 19.4 Å². The van der Waals surface area contributed by atoms with E-state index >= 15 is 0 Å². The third kappa shape index (κ3) is 4.15. The first-order valence-corrected chi connectivity index (χ1v) is 5.20. The van der Waals surface area contributed by atoms with E-state index in [-0.39, 0.29) is 12.5 Å². The number of carboxylic acids is 1. The molecular weight excluding hydrogens is 198 g/mol. The van der Waals surface area contributed by atoms with Gasteiger partial charge in [0.1, 0.15) is 0 Å². The third-order valence-corrected chi connectivity index (χ3v) is 2.60. The highest BCUT2D eigenvalue weighted by Crippen LogP contribution is 2.11. The zero-order valence-electron chi connectivity index (χ0n) is 9.31. The minimum Gasteiger partial charge on any atom is -0.481 e. The molecule has 0 amide bonds. The Bertz CT molecular complexity index is 210. The quantitative estimate of drug-likeness (QED) is 0.712. The summed E-state index contributed by atoms with van der Waals surface area (Å²) in [5.41, 5.74) is 0. The van der Waals surface area contributed by atoms with Gasteiger partial charge in [0.25, 0.3) is 0 Å². The summed E-state index contributed by atoms with van der Waals surface area (Å²) in [6.45, 7) is 4.87. The van der Waals surface area contributed by atoms with Crippen molar-refractivity contribution in [2.45, 2.75) is 25.5 Å². The molecule has 0 aromatic rings. The van der Waals surface area contributed by atoms with E-state index in [0.29, 0.717) is 25.8 Å². The van der Waals surface area contributed by atoms with Crippen LogP contribution < -0.4 is 0 Å². The van der Waals surface area contributed by atoms with Crippen molar-refractivity contribution >= 4 is 5.97 Å². The number of nitrogens with zero attached hydrogens (tertiary/aromatic N) is 1. The van der Waals surface area contributed by atoms with Crippen molar-refractivity contribution in [3.05, 3.63) is 0 Å². The molecule has 2 unspecified atom stereocenters. The summed E-state index contributed by atoms with van der Waals surface area (Å²) in [7, 11) is 1.67. The van der Waals surface area contributed by atoms with Crippen molar-refractivity contribution in [1.29, 1.82) is 0 Å². The van der Waals surface area contributed by atoms with Crippen LogP contribution in [0.4, 0.5) is 0 Å². The molecule has 0 aromatic heterocycles. The largest absolute Gasteiger partial charge is 0.481 e. The maximum atomic E-state index is 10.5. The number of methoxy groups -OCH3 is 1. The number of carbonyl (C=O) groups is 1. The van der Waals surface area contributed by atoms with Crippen LogP contribution in [0.5, 0.6) is 0 Å². The van der Waals surface area contributed by atoms with E-state index < -0.39 is 5.97 Å². The highest BCUT2D eigenvalue weighted by Gasteiger charge is 2.25. The number of aliphatic carboxylic acids is 1. The van der Waals surface area contributed by atoms with Gasteiger partial charge in [-0.3, -0.25) is 9.69 Å². The molecule has 0 saturated carbocycles. The van der Waals surface area contributed by atoms with E-state index in [0.717, 1.165) is 6.54 Å². The number of rotatable bonds is 5.